The van der Waals surface area contributed by atoms with E-state index in [0.29, 0.717) is 49.5 Å². The number of hydrogen-bond donors (Lipinski definition) is 4. The lowest BCUT2D eigenvalue weighted by atomic mass is 9.99. The molecule has 0 saturated carbocycles. The van der Waals surface area contributed by atoms with E-state index in [0.717, 1.165) is 16.7 Å². The molecule has 5 atom stereocenters. The first kappa shape index (κ1) is 48.9. The molecular formula is C49H62N5O10+. The Bertz CT molecular complexity index is 2130. The Balaban J connectivity index is 1.35. The number of aryl methyl sites for hydroxylation is 1. The molecule has 2 heterocycles. The van der Waals surface area contributed by atoms with Crippen LogP contribution in [-0.4, -0.2) is 116 Å². The SMILES string of the molecule is C#CCOc1cc(C[N+]2(CC(=O)N[C@@H](CCc3ccccc3)C(=O)N[C@@H](CC(C)C)C(=O)N[C@@H](Cc3ccccc3)C(=O)N[C@@H](C)C(=O)[C@@]3(C)CO3)CCOCC2)ccc1OC(C)=O. The molecule has 3 aromatic carbocycles. The second-order valence-corrected chi connectivity index (χ2v) is 17.3. The third-order valence-corrected chi connectivity index (χ3v) is 11.3. The Morgan fingerprint density at radius 1 is 0.781 bits per heavy atom. The fraction of sp³-hybridized carbons (Fsp3) is 0.469. The molecule has 15 nitrogen and oxygen atoms in total. The molecular weight excluding hydrogens is 819 g/mol. The van der Waals surface area contributed by atoms with Crippen LogP contribution in [0, 0.1) is 18.3 Å². The van der Waals surface area contributed by atoms with Gasteiger partial charge in [0.1, 0.15) is 50.0 Å². The molecule has 0 radical (unpaired) electrons. The summed E-state index contributed by atoms with van der Waals surface area (Å²) in [5.41, 5.74) is 1.61. The minimum absolute atomic E-state index is 0.0170. The first-order valence-electron chi connectivity index (χ1n) is 21.9. The summed E-state index contributed by atoms with van der Waals surface area (Å²) >= 11 is 0. The van der Waals surface area contributed by atoms with Gasteiger partial charge in [0.05, 0.1) is 25.9 Å². The van der Waals surface area contributed by atoms with Crippen molar-refractivity contribution < 1.29 is 52.2 Å². The second-order valence-electron chi connectivity index (χ2n) is 17.3. The molecule has 0 spiro atoms. The van der Waals surface area contributed by atoms with Crippen molar-refractivity contribution in [3.63, 3.8) is 0 Å². The zero-order valence-corrected chi connectivity index (χ0v) is 37.5. The number of carbonyl (C=O) groups excluding carboxylic acids is 6. The lowest BCUT2D eigenvalue weighted by Crippen LogP contribution is -2.61. The van der Waals surface area contributed by atoms with Crippen molar-refractivity contribution in [1.29, 1.82) is 0 Å². The largest absolute Gasteiger partial charge is 0.477 e. The first-order chi connectivity index (χ1) is 30.6. The monoisotopic (exact) mass is 880 g/mol. The summed E-state index contributed by atoms with van der Waals surface area (Å²) in [6.45, 7) is 10.9. The topological polar surface area (TPSA) is 191 Å². The molecule has 2 saturated heterocycles. The number of carbonyl (C=O) groups is 6. The van der Waals surface area contributed by atoms with Crippen molar-refractivity contribution in [1.82, 2.24) is 21.3 Å². The van der Waals surface area contributed by atoms with Crippen LogP contribution in [0.1, 0.15) is 64.2 Å². The number of ketones is 1. The Hall–Kier alpha value is -6.08. The highest BCUT2D eigenvalue weighted by molar-refractivity contribution is 5.98. The number of esters is 1. The summed E-state index contributed by atoms with van der Waals surface area (Å²) in [7, 11) is 0. The number of nitrogens with zero attached hydrogens (tertiary/aromatic N) is 1. The van der Waals surface area contributed by atoms with Crippen LogP contribution in [0.5, 0.6) is 11.5 Å². The van der Waals surface area contributed by atoms with E-state index in [1.165, 1.54) is 6.92 Å². The number of hydrogen-bond acceptors (Lipinski definition) is 10. The van der Waals surface area contributed by atoms with Gasteiger partial charge in [-0.2, -0.15) is 0 Å². The second kappa shape index (κ2) is 23.0. The molecule has 2 fully saturated rings. The van der Waals surface area contributed by atoms with Gasteiger partial charge >= 0.3 is 5.97 Å². The van der Waals surface area contributed by atoms with E-state index in [4.69, 9.17) is 25.4 Å². The van der Waals surface area contributed by atoms with Gasteiger partial charge in [0, 0.05) is 18.9 Å². The molecule has 2 aliphatic rings. The van der Waals surface area contributed by atoms with Crippen LogP contribution in [0.2, 0.25) is 0 Å². The number of epoxide rings is 1. The van der Waals surface area contributed by atoms with Gasteiger partial charge in [-0.1, -0.05) is 80.4 Å². The van der Waals surface area contributed by atoms with Crippen LogP contribution < -0.4 is 30.7 Å². The Kier molecular flexibility index (Phi) is 17.6. The average Bonchev–Trinajstić information content (AvgIpc) is 4.02. The number of terminal acetylenes is 1. The van der Waals surface area contributed by atoms with Gasteiger partial charge in [-0.3, -0.25) is 28.8 Å². The number of morpholine rings is 1. The van der Waals surface area contributed by atoms with Gasteiger partial charge in [0.2, 0.25) is 17.7 Å². The molecule has 15 heteroatoms. The predicted molar refractivity (Wildman–Crippen MR) is 239 cm³/mol. The van der Waals surface area contributed by atoms with Gasteiger partial charge in [0.15, 0.2) is 23.8 Å². The van der Waals surface area contributed by atoms with E-state index in [2.05, 4.69) is 27.2 Å². The van der Waals surface area contributed by atoms with Gasteiger partial charge in [-0.15, -0.1) is 6.42 Å². The van der Waals surface area contributed by atoms with Crippen LogP contribution >= 0.6 is 0 Å². The maximum Gasteiger partial charge on any atom is 0.308 e. The number of ether oxygens (including phenoxy) is 4. The van der Waals surface area contributed by atoms with Crippen LogP contribution in [0.4, 0.5) is 0 Å². The molecule has 0 aliphatic carbocycles. The van der Waals surface area contributed by atoms with Crippen LogP contribution in [0.25, 0.3) is 0 Å². The molecule has 0 aromatic heterocycles. The third-order valence-electron chi connectivity index (χ3n) is 11.3. The summed E-state index contributed by atoms with van der Waals surface area (Å²) < 4.78 is 22.4. The molecule has 342 valence electrons. The summed E-state index contributed by atoms with van der Waals surface area (Å²) in [5, 5.41) is 11.6. The molecule has 0 bridgehead atoms. The number of quaternary nitrogens is 1. The highest BCUT2D eigenvalue weighted by Crippen LogP contribution is 2.31. The number of benzene rings is 3. The molecule has 2 aliphatic heterocycles. The summed E-state index contributed by atoms with van der Waals surface area (Å²) in [6, 6.07) is 19.9. The molecule has 5 rings (SSSR count). The van der Waals surface area contributed by atoms with E-state index < -0.39 is 53.5 Å². The normalized spacial score (nSPS) is 18.2. The van der Waals surface area contributed by atoms with Crippen molar-refractivity contribution >= 4 is 35.4 Å². The van der Waals surface area contributed by atoms with E-state index in [1.807, 2.05) is 80.6 Å². The van der Waals surface area contributed by atoms with Crippen molar-refractivity contribution in [3.05, 3.63) is 95.6 Å². The minimum atomic E-state index is -1.08. The van der Waals surface area contributed by atoms with Crippen molar-refractivity contribution in [2.45, 2.75) is 96.6 Å². The standard InChI is InChI=1S/C49H61N5O10/c1-7-24-62-43-29-38(19-21-42(43)64-35(5)55)30-54(22-25-61-26-23-54)31-44(56)51-39(20-18-36-14-10-8-11-15-36)46(58)52-40(27-33(2)3)48(60)53-41(28-37-16-12-9-13-17-37)47(59)50-34(4)45(57)49(6)32-63-49/h1,8-17,19,21,29,33-34,39-41H,18,20,22-28,30-32H2,2-6H3,(H3-,50,51,52,53,56,58,59,60)/p+1/t34-,39-,40-,41-,49+/m0/s1. The quantitative estimate of drug-likeness (QED) is 0.0362. The fourth-order valence-electron chi connectivity index (χ4n) is 7.78. The lowest BCUT2D eigenvalue weighted by Gasteiger charge is -2.41. The first-order valence-corrected chi connectivity index (χ1v) is 21.9. The van der Waals surface area contributed by atoms with Crippen molar-refractivity contribution in [3.8, 4) is 23.8 Å². The number of nitrogens with one attached hydrogen (secondary N) is 4. The highest BCUT2D eigenvalue weighted by Gasteiger charge is 2.49. The minimum Gasteiger partial charge on any atom is -0.477 e. The van der Waals surface area contributed by atoms with Crippen LogP contribution in [-0.2, 0) is 57.6 Å². The number of amides is 4. The predicted octanol–water partition coefficient (Wildman–Crippen LogP) is 3.21. The highest BCUT2D eigenvalue weighted by atomic mass is 16.6. The zero-order valence-electron chi connectivity index (χ0n) is 37.5. The third kappa shape index (κ3) is 14.8. The lowest BCUT2D eigenvalue weighted by molar-refractivity contribution is -0.940. The summed E-state index contributed by atoms with van der Waals surface area (Å²) in [6.07, 6.45) is 6.51. The maximum atomic E-state index is 14.4. The molecule has 0 unspecified atom stereocenters. The van der Waals surface area contributed by atoms with Crippen LogP contribution in [0.3, 0.4) is 0 Å². The van der Waals surface area contributed by atoms with Gasteiger partial charge < -0.3 is 44.7 Å². The molecule has 4 amide bonds. The number of Topliss-reactive ketones (excluding diaryl/α,β-unsaturated/α-hetero) is 1. The van der Waals surface area contributed by atoms with E-state index >= 15 is 0 Å². The Morgan fingerprint density at radius 2 is 1.39 bits per heavy atom. The van der Waals surface area contributed by atoms with Crippen LogP contribution in [0.15, 0.2) is 78.9 Å². The number of rotatable bonds is 23. The average molecular weight is 881 g/mol. The summed E-state index contributed by atoms with van der Waals surface area (Å²) in [4.78, 5) is 81.3. The van der Waals surface area contributed by atoms with Gasteiger partial charge in [0.25, 0.3) is 5.91 Å². The Labute approximate surface area is 375 Å². The molecule has 64 heavy (non-hydrogen) atoms. The van der Waals surface area contributed by atoms with E-state index in [-0.39, 0.29) is 62.4 Å². The Morgan fingerprint density at radius 3 is 2.00 bits per heavy atom. The smallest absolute Gasteiger partial charge is 0.308 e. The maximum absolute atomic E-state index is 14.4. The molecule has 4 N–H and O–H groups in total. The van der Waals surface area contributed by atoms with Gasteiger partial charge in [-0.25, -0.2) is 0 Å². The van der Waals surface area contributed by atoms with E-state index in [9.17, 15) is 28.8 Å². The van der Waals surface area contributed by atoms with E-state index in [1.54, 1.807) is 26.0 Å². The van der Waals surface area contributed by atoms with Crippen molar-refractivity contribution in [2.75, 3.05) is 46.1 Å². The molecule has 3 aromatic rings. The van der Waals surface area contributed by atoms with Gasteiger partial charge in [-0.05, 0) is 68.4 Å². The summed E-state index contributed by atoms with van der Waals surface area (Å²) in [5.74, 6) is 0.0803. The van der Waals surface area contributed by atoms with Crippen molar-refractivity contribution in [2.24, 2.45) is 5.92 Å². The fourth-order valence-corrected chi connectivity index (χ4v) is 7.78. The zero-order chi connectivity index (χ0) is 46.3.